The predicted octanol–water partition coefficient (Wildman–Crippen LogP) is 1.77. The average molecular weight is 327 g/mol. The van der Waals surface area contributed by atoms with Gasteiger partial charge in [0.1, 0.15) is 0 Å². The van der Waals surface area contributed by atoms with Crippen LogP contribution in [0.25, 0.3) is 0 Å². The van der Waals surface area contributed by atoms with E-state index in [9.17, 15) is 0 Å². The van der Waals surface area contributed by atoms with Crippen molar-refractivity contribution in [3.8, 4) is 0 Å². The zero-order valence-electron chi connectivity index (χ0n) is 10.8. The van der Waals surface area contributed by atoms with Gasteiger partial charge in [0, 0.05) is 36.2 Å². The van der Waals surface area contributed by atoms with E-state index in [1.54, 1.807) is 0 Å². The Balaban J connectivity index is 1.57. The van der Waals surface area contributed by atoms with Crippen LogP contribution in [0.3, 0.4) is 0 Å². The van der Waals surface area contributed by atoms with Gasteiger partial charge in [-0.3, -0.25) is 4.90 Å². The van der Waals surface area contributed by atoms with Gasteiger partial charge in [-0.2, -0.15) is 0 Å². The molecule has 0 saturated carbocycles. The molecule has 1 N–H and O–H groups in total. The lowest BCUT2D eigenvalue weighted by atomic mass is 10.2. The highest BCUT2D eigenvalue weighted by Crippen LogP contribution is 2.26. The van der Waals surface area contributed by atoms with Gasteiger partial charge in [-0.05, 0) is 12.1 Å². The van der Waals surface area contributed by atoms with Crippen molar-refractivity contribution in [1.82, 2.24) is 10.2 Å². The molecule has 0 amide bonds. The van der Waals surface area contributed by atoms with Gasteiger partial charge in [0.25, 0.3) is 0 Å². The molecule has 5 heteroatoms. The van der Waals surface area contributed by atoms with Gasteiger partial charge in [-0.15, -0.1) is 0 Å². The molecule has 0 bridgehead atoms. The highest BCUT2D eigenvalue weighted by Gasteiger charge is 2.28. The van der Waals surface area contributed by atoms with Crippen molar-refractivity contribution >= 4 is 15.9 Å². The molecule has 2 fully saturated rings. The molecule has 2 aliphatic rings. The maximum absolute atomic E-state index is 5.88. The fourth-order valence-electron chi connectivity index (χ4n) is 2.60. The van der Waals surface area contributed by atoms with Crippen LogP contribution in [-0.2, 0) is 9.47 Å². The van der Waals surface area contributed by atoms with Gasteiger partial charge in [0.2, 0.25) is 0 Å². The van der Waals surface area contributed by atoms with E-state index < -0.39 is 0 Å². The molecule has 0 radical (unpaired) electrons. The highest BCUT2D eigenvalue weighted by atomic mass is 79.9. The van der Waals surface area contributed by atoms with Crippen LogP contribution in [0.15, 0.2) is 28.7 Å². The molecule has 1 aromatic carbocycles. The van der Waals surface area contributed by atoms with E-state index in [-0.39, 0.29) is 6.29 Å². The largest absolute Gasteiger partial charge is 0.347 e. The van der Waals surface area contributed by atoms with Crippen LogP contribution in [0.5, 0.6) is 0 Å². The summed E-state index contributed by atoms with van der Waals surface area (Å²) in [7, 11) is 0. The van der Waals surface area contributed by atoms with Crippen LogP contribution >= 0.6 is 15.9 Å². The number of hydrogen-bond acceptors (Lipinski definition) is 4. The minimum absolute atomic E-state index is 0.225. The normalized spacial score (nSPS) is 29.3. The van der Waals surface area contributed by atoms with E-state index >= 15 is 0 Å². The number of hydrogen-bond donors (Lipinski definition) is 1. The second kappa shape index (κ2) is 6.33. The van der Waals surface area contributed by atoms with Crippen molar-refractivity contribution in [1.29, 1.82) is 0 Å². The van der Waals surface area contributed by atoms with Crippen LogP contribution < -0.4 is 5.32 Å². The monoisotopic (exact) mass is 326 g/mol. The minimum Gasteiger partial charge on any atom is -0.347 e. The molecular formula is C14H19BrN2O2. The zero-order chi connectivity index (χ0) is 13.1. The van der Waals surface area contributed by atoms with E-state index in [1.807, 2.05) is 18.2 Å². The van der Waals surface area contributed by atoms with Gasteiger partial charge < -0.3 is 14.8 Å². The molecule has 19 heavy (non-hydrogen) atoms. The lowest BCUT2D eigenvalue weighted by Gasteiger charge is -2.38. The Hall–Kier alpha value is -0.460. The first-order valence-corrected chi connectivity index (χ1v) is 7.56. The van der Waals surface area contributed by atoms with E-state index in [0.29, 0.717) is 6.04 Å². The number of nitrogens with one attached hydrogen (secondary N) is 1. The topological polar surface area (TPSA) is 33.7 Å². The molecule has 2 saturated heterocycles. The van der Waals surface area contributed by atoms with Gasteiger partial charge in [-0.1, -0.05) is 28.1 Å². The third-order valence-corrected chi connectivity index (χ3v) is 4.16. The standard InChI is InChI=1S/C14H19BrN2O2/c15-12-3-1-2-11(8-12)14-18-9-13(10-19-14)17-6-4-16-5-7-17/h1-3,8,13-14,16H,4-7,9-10H2. The van der Waals surface area contributed by atoms with Crippen molar-refractivity contribution < 1.29 is 9.47 Å². The lowest BCUT2D eigenvalue weighted by Crippen LogP contribution is -2.53. The predicted molar refractivity (Wildman–Crippen MR) is 77.0 cm³/mol. The Morgan fingerprint density at radius 1 is 1.16 bits per heavy atom. The summed E-state index contributed by atoms with van der Waals surface area (Å²) < 4.78 is 12.8. The first-order chi connectivity index (χ1) is 9.33. The summed E-state index contributed by atoms with van der Waals surface area (Å²) in [6.07, 6.45) is -0.225. The van der Waals surface area contributed by atoms with Crippen LogP contribution in [-0.4, -0.2) is 50.3 Å². The Bertz CT molecular complexity index is 416. The molecule has 3 rings (SSSR count). The molecule has 4 nitrogen and oxygen atoms in total. The molecule has 0 spiro atoms. The quantitative estimate of drug-likeness (QED) is 0.898. The molecule has 0 aliphatic carbocycles. The number of benzene rings is 1. The van der Waals surface area contributed by atoms with E-state index in [0.717, 1.165) is 49.4 Å². The third-order valence-electron chi connectivity index (χ3n) is 3.67. The second-order valence-corrected chi connectivity index (χ2v) is 5.91. The van der Waals surface area contributed by atoms with Crippen molar-refractivity contribution in [2.45, 2.75) is 12.3 Å². The van der Waals surface area contributed by atoms with Crippen molar-refractivity contribution in [2.24, 2.45) is 0 Å². The van der Waals surface area contributed by atoms with E-state index in [1.165, 1.54) is 0 Å². The summed E-state index contributed by atoms with van der Waals surface area (Å²) in [4.78, 5) is 2.45. The first kappa shape index (κ1) is 13.5. The van der Waals surface area contributed by atoms with Crippen LogP contribution in [0, 0.1) is 0 Å². The molecular weight excluding hydrogens is 308 g/mol. The molecule has 0 atom stereocenters. The summed E-state index contributed by atoms with van der Waals surface area (Å²) >= 11 is 3.48. The fraction of sp³-hybridized carbons (Fsp3) is 0.571. The molecule has 0 unspecified atom stereocenters. The maximum atomic E-state index is 5.88. The molecule has 2 aliphatic heterocycles. The zero-order valence-corrected chi connectivity index (χ0v) is 12.4. The average Bonchev–Trinajstić information content (AvgIpc) is 2.48. The summed E-state index contributed by atoms with van der Waals surface area (Å²) in [5.74, 6) is 0. The van der Waals surface area contributed by atoms with Crippen molar-refractivity contribution in [3.05, 3.63) is 34.3 Å². The number of rotatable bonds is 2. The Labute approximate surface area is 122 Å². The Morgan fingerprint density at radius 2 is 1.89 bits per heavy atom. The minimum atomic E-state index is -0.225. The number of halogens is 1. The fourth-order valence-corrected chi connectivity index (χ4v) is 3.01. The van der Waals surface area contributed by atoms with Crippen LogP contribution in [0.2, 0.25) is 0 Å². The third kappa shape index (κ3) is 3.35. The lowest BCUT2D eigenvalue weighted by molar-refractivity contribution is -0.209. The smallest absolute Gasteiger partial charge is 0.183 e. The van der Waals surface area contributed by atoms with E-state index in [4.69, 9.17) is 9.47 Å². The van der Waals surface area contributed by atoms with Crippen LogP contribution in [0.1, 0.15) is 11.9 Å². The van der Waals surface area contributed by atoms with Crippen molar-refractivity contribution in [2.75, 3.05) is 39.4 Å². The summed E-state index contributed by atoms with van der Waals surface area (Å²) in [5.41, 5.74) is 1.08. The molecule has 0 aromatic heterocycles. The molecule has 104 valence electrons. The summed E-state index contributed by atoms with van der Waals surface area (Å²) in [6.45, 7) is 5.78. The highest BCUT2D eigenvalue weighted by molar-refractivity contribution is 9.10. The second-order valence-electron chi connectivity index (χ2n) is 4.99. The first-order valence-electron chi connectivity index (χ1n) is 6.76. The summed E-state index contributed by atoms with van der Waals surface area (Å²) in [6, 6.07) is 8.51. The van der Waals surface area contributed by atoms with Gasteiger partial charge in [0.05, 0.1) is 19.3 Å². The number of nitrogens with zero attached hydrogens (tertiary/aromatic N) is 1. The van der Waals surface area contributed by atoms with Crippen LogP contribution in [0.4, 0.5) is 0 Å². The molecule has 2 heterocycles. The Morgan fingerprint density at radius 3 is 2.58 bits per heavy atom. The van der Waals surface area contributed by atoms with E-state index in [2.05, 4.69) is 32.2 Å². The van der Waals surface area contributed by atoms with Gasteiger partial charge in [-0.25, -0.2) is 0 Å². The Kier molecular flexibility index (Phi) is 4.50. The molecule has 1 aromatic rings. The number of ether oxygens (including phenoxy) is 2. The summed E-state index contributed by atoms with van der Waals surface area (Å²) in [5, 5.41) is 3.37. The number of piperazine rings is 1. The van der Waals surface area contributed by atoms with Crippen molar-refractivity contribution in [3.63, 3.8) is 0 Å². The van der Waals surface area contributed by atoms with Gasteiger partial charge in [0.15, 0.2) is 6.29 Å². The van der Waals surface area contributed by atoms with Gasteiger partial charge >= 0.3 is 0 Å². The maximum Gasteiger partial charge on any atom is 0.183 e. The SMILES string of the molecule is Brc1cccc(C2OCC(N3CCNCC3)CO2)c1.